The minimum atomic E-state index is 0.119. The molecule has 0 aliphatic heterocycles. The maximum Gasteiger partial charge on any atom is 0.123 e. The molecule has 0 fully saturated rings. The molecule has 3 heteroatoms. The Labute approximate surface area is 112 Å². The molecule has 18 heavy (non-hydrogen) atoms. The van der Waals surface area contributed by atoms with E-state index in [2.05, 4.69) is 31.2 Å². The van der Waals surface area contributed by atoms with Crippen LogP contribution in [-0.4, -0.2) is 5.84 Å². The van der Waals surface area contributed by atoms with Gasteiger partial charge in [-0.25, -0.2) is 0 Å². The summed E-state index contributed by atoms with van der Waals surface area (Å²) in [6.45, 7) is 4.08. The van der Waals surface area contributed by atoms with Crippen molar-refractivity contribution in [3.05, 3.63) is 59.2 Å². The van der Waals surface area contributed by atoms with E-state index in [0.717, 1.165) is 20.9 Å². The van der Waals surface area contributed by atoms with E-state index in [1.807, 2.05) is 25.1 Å². The van der Waals surface area contributed by atoms with Gasteiger partial charge in [-0.1, -0.05) is 41.1 Å². The second-order valence-corrected chi connectivity index (χ2v) is 5.44. The van der Waals surface area contributed by atoms with Crippen LogP contribution in [0, 0.1) is 19.3 Å². The summed E-state index contributed by atoms with van der Waals surface area (Å²) in [6, 6.07) is 14.4. The molecule has 0 heterocycles. The van der Waals surface area contributed by atoms with Crippen LogP contribution in [-0.2, 0) is 0 Å². The molecule has 2 aromatic carbocycles. The van der Waals surface area contributed by atoms with Crippen LogP contribution in [0.3, 0.4) is 0 Å². The molecular formula is C15H16N2S. The quantitative estimate of drug-likeness (QED) is 0.649. The van der Waals surface area contributed by atoms with Crippen molar-refractivity contribution in [1.82, 2.24) is 0 Å². The number of benzene rings is 2. The van der Waals surface area contributed by atoms with Crippen LogP contribution < -0.4 is 5.73 Å². The number of aryl methyl sites for hydroxylation is 2. The summed E-state index contributed by atoms with van der Waals surface area (Å²) >= 11 is 1.64. The molecule has 0 aliphatic carbocycles. The van der Waals surface area contributed by atoms with Gasteiger partial charge >= 0.3 is 0 Å². The molecule has 2 rings (SSSR count). The number of nitrogens with two attached hydrogens (primary N) is 1. The fourth-order valence-corrected chi connectivity index (χ4v) is 2.62. The van der Waals surface area contributed by atoms with Crippen molar-refractivity contribution in [2.75, 3.05) is 0 Å². The molecule has 0 radical (unpaired) electrons. The van der Waals surface area contributed by atoms with E-state index in [-0.39, 0.29) is 5.84 Å². The lowest BCUT2D eigenvalue weighted by atomic mass is 10.1. The molecule has 0 amide bonds. The van der Waals surface area contributed by atoms with Crippen molar-refractivity contribution in [3.63, 3.8) is 0 Å². The SMILES string of the molecule is Cc1ccc(Sc2ccc(C)cc2C(=N)N)cc1. The number of nitrogens with one attached hydrogen (secondary N) is 1. The van der Waals surface area contributed by atoms with Crippen LogP contribution in [0.15, 0.2) is 52.3 Å². The highest BCUT2D eigenvalue weighted by molar-refractivity contribution is 7.99. The van der Waals surface area contributed by atoms with Crippen molar-refractivity contribution in [2.24, 2.45) is 5.73 Å². The Morgan fingerprint density at radius 3 is 2.22 bits per heavy atom. The number of amidine groups is 1. The molecule has 0 atom stereocenters. The molecule has 0 saturated heterocycles. The van der Waals surface area contributed by atoms with Crippen LogP contribution in [0.5, 0.6) is 0 Å². The zero-order valence-electron chi connectivity index (χ0n) is 10.5. The first-order valence-electron chi connectivity index (χ1n) is 5.76. The molecule has 0 spiro atoms. The lowest BCUT2D eigenvalue weighted by Crippen LogP contribution is -2.12. The van der Waals surface area contributed by atoms with E-state index in [9.17, 15) is 0 Å². The van der Waals surface area contributed by atoms with Crippen molar-refractivity contribution in [3.8, 4) is 0 Å². The standard InChI is InChI=1S/C15H16N2S/c1-10-3-6-12(7-4-10)18-14-8-5-11(2)9-13(14)15(16)17/h3-9H,1-2H3,(H3,16,17). The van der Waals surface area contributed by atoms with E-state index < -0.39 is 0 Å². The van der Waals surface area contributed by atoms with Gasteiger partial charge in [-0.2, -0.15) is 0 Å². The summed E-state index contributed by atoms with van der Waals surface area (Å²) in [5, 5.41) is 7.64. The smallest absolute Gasteiger partial charge is 0.123 e. The molecule has 0 bridgehead atoms. The van der Waals surface area contributed by atoms with Gasteiger partial charge in [0.25, 0.3) is 0 Å². The van der Waals surface area contributed by atoms with Gasteiger partial charge in [-0.3, -0.25) is 5.41 Å². The molecule has 92 valence electrons. The van der Waals surface area contributed by atoms with E-state index in [0.29, 0.717) is 0 Å². The Bertz CT molecular complexity index is 574. The minimum Gasteiger partial charge on any atom is -0.384 e. The van der Waals surface area contributed by atoms with Crippen LogP contribution in [0.2, 0.25) is 0 Å². The zero-order valence-corrected chi connectivity index (χ0v) is 11.3. The first-order valence-corrected chi connectivity index (χ1v) is 6.57. The second kappa shape index (κ2) is 5.27. The topological polar surface area (TPSA) is 49.9 Å². The molecule has 0 unspecified atom stereocenters. The van der Waals surface area contributed by atoms with Gasteiger partial charge in [0.2, 0.25) is 0 Å². The van der Waals surface area contributed by atoms with E-state index >= 15 is 0 Å². The highest BCUT2D eigenvalue weighted by Crippen LogP contribution is 2.31. The maximum absolute atomic E-state index is 7.64. The summed E-state index contributed by atoms with van der Waals surface area (Å²) in [4.78, 5) is 2.18. The minimum absolute atomic E-state index is 0.119. The number of hydrogen-bond acceptors (Lipinski definition) is 2. The Morgan fingerprint density at radius 2 is 1.61 bits per heavy atom. The molecule has 3 N–H and O–H groups in total. The summed E-state index contributed by atoms with van der Waals surface area (Å²) in [7, 11) is 0. The maximum atomic E-state index is 7.64. The monoisotopic (exact) mass is 256 g/mol. The third kappa shape index (κ3) is 2.93. The summed E-state index contributed by atoms with van der Waals surface area (Å²) in [5.74, 6) is 0.119. The average Bonchev–Trinajstić information content (AvgIpc) is 2.34. The van der Waals surface area contributed by atoms with Crippen LogP contribution >= 0.6 is 11.8 Å². The third-order valence-electron chi connectivity index (χ3n) is 2.67. The van der Waals surface area contributed by atoms with Crippen molar-refractivity contribution >= 4 is 17.6 Å². The molecular weight excluding hydrogens is 240 g/mol. The highest BCUT2D eigenvalue weighted by atomic mass is 32.2. The Balaban J connectivity index is 2.34. The van der Waals surface area contributed by atoms with E-state index in [4.69, 9.17) is 11.1 Å². The summed E-state index contributed by atoms with van der Waals surface area (Å²) in [6.07, 6.45) is 0. The van der Waals surface area contributed by atoms with Gasteiger partial charge in [0, 0.05) is 15.4 Å². The normalized spacial score (nSPS) is 10.3. The fourth-order valence-electron chi connectivity index (χ4n) is 1.68. The van der Waals surface area contributed by atoms with Gasteiger partial charge in [-0.15, -0.1) is 0 Å². The van der Waals surface area contributed by atoms with Crippen LogP contribution in [0.25, 0.3) is 0 Å². The third-order valence-corrected chi connectivity index (χ3v) is 3.76. The van der Waals surface area contributed by atoms with Gasteiger partial charge in [0.05, 0.1) is 0 Å². The lowest BCUT2D eigenvalue weighted by molar-refractivity contribution is 1.29. The number of hydrogen-bond donors (Lipinski definition) is 2. The van der Waals surface area contributed by atoms with Crippen molar-refractivity contribution < 1.29 is 0 Å². The number of nitrogen functional groups attached to an aromatic ring is 1. The van der Waals surface area contributed by atoms with Gasteiger partial charge in [0.15, 0.2) is 0 Å². The van der Waals surface area contributed by atoms with Crippen LogP contribution in [0.1, 0.15) is 16.7 Å². The van der Waals surface area contributed by atoms with Gasteiger partial charge in [0.1, 0.15) is 5.84 Å². The molecule has 0 aliphatic rings. The summed E-state index contributed by atoms with van der Waals surface area (Å²) < 4.78 is 0. The Kier molecular flexibility index (Phi) is 3.72. The molecule has 0 aromatic heterocycles. The Morgan fingerprint density at radius 1 is 1.00 bits per heavy atom. The predicted octanol–water partition coefficient (Wildman–Crippen LogP) is 3.74. The average molecular weight is 256 g/mol. The molecule has 0 saturated carbocycles. The van der Waals surface area contributed by atoms with Crippen molar-refractivity contribution in [2.45, 2.75) is 23.6 Å². The molecule has 2 nitrogen and oxygen atoms in total. The van der Waals surface area contributed by atoms with Crippen molar-refractivity contribution in [1.29, 1.82) is 5.41 Å². The lowest BCUT2D eigenvalue weighted by Gasteiger charge is -2.09. The van der Waals surface area contributed by atoms with E-state index in [1.54, 1.807) is 11.8 Å². The van der Waals surface area contributed by atoms with Gasteiger partial charge < -0.3 is 5.73 Å². The van der Waals surface area contributed by atoms with Crippen LogP contribution in [0.4, 0.5) is 0 Å². The van der Waals surface area contributed by atoms with Gasteiger partial charge in [-0.05, 0) is 38.1 Å². The first kappa shape index (κ1) is 12.7. The number of rotatable bonds is 3. The molecule has 2 aromatic rings. The first-order chi connectivity index (χ1) is 8.56. The summed E-state index contributed by atoms with van der Waals surface area (Å²) in [5.41, 5.74) is 8.80. The second-order valence-electron chi connectivity index (χ2n) is 4.33. The Hall–Kier alpha value is -1.74. The largest absolute Gasteiger partial charge is 0.384 e. The van der Waals surface area contributed by atoms with E-state index in [1.165, 1.54) is 5.56 Å². The highest BCUT2D eigenvalue weighted by Gasteiger charge is 2.07. The fraction of sp³-hybridized carbons (Fsp3) is 0.133. The zero-order chi connectivity index (χ0) is 13.1. The predicted molar refractivity (Wildman–Crippen MR) is 77.5 cm³/mol.